The lowest BCUT2D eigenvalue weighted by atomic mass is 9.80. The SMILES string of the molecule is COc1cc(F)ccc1C(=O)C1CC2COCC(C1)N2Cc1ccccc1. The smallest absolute Gasteiger partial charge is 0.169 e. The molecule has 4 nitrogen and oxygen atoms in total. The number of fused-ring (bicyclic) bond motifs is 2. The molecular weight excluding hydrogens is 345 g/mol. The Balaban J connectivity index is 1.52. The fourth-order valence-corrected chi connectivity index (χ4v) is 4.34. The Kier molecular flexibility index (Phi) is 5.23. The van der Waals surface area contributed by atoms with Gasteiger partial charge in [-0.2, -0.15) is 0 Å². The summed E-state index contributed by atoms with van der Waals surface area (Å²) in [6.45, 7) is 2.17. The molecule has 2 unspecified atom stereocenters. The van der Waals surface area contributed by atoms with Gasteiger partial charge in [0.1, 0.15) is 11.6 Å². The van der Waals surface area contributed by atoms with Gasteiger partial charge in [-0.25, -0.2) is 4.39 Å². The number of methoxy groups -OCH3 is 1. The zero-order chi connectivity index (χ0) is 18.8. The molecule has 142 valence electrons. The monoisotopic (exact) mass is 369 g/mol. The second-order valence-electron chi connectivity index (χ2n) is 7.38. The Bertz CT molecular complexity index is 796. The molecule has 0 amide bonds. The van der Waals surface area contributed by atoms with Crippen molar-refractivity contribution in [1.29, 1.82) is 0 Å². The van der Waals surface area contributed by atoms with Gasteiger partial charge in [0.15, 0.2) is 5.78 Å². The molecule has 0 saturated carbocycles. The summed E-state index contributed by atoms with van der Waals surface area (Å²) >= 11 is 0. The van der Waals surface area contributed by atoms with Crippen LogP contribution in [0.25, 0.3) is 0 Å². The van der Waals surface area contributed by atoms with Gasteiger partial charge in [0.05, 0.1) is 25.9 Å². The molecule has 2 fully saturated rings. The second kappa shape index (κ2) is 7.79. The van der Waals surface area contributed by atoms with Crippen molar-refractivity contribution in [1.82, 2.24) is 4.90 Å². The lowest BCUT2D eigenvalue weighted by molar-refractivity contribution is -0.0873. The van der Waals surface area contributed by atoms with Crippen molar-refractivity contribution in [3.63, 3.8) is 0 Å². The molecule has 0 aliphatic carbocycles. The van der Waals surface area contributed by atoms with Crippen LogP contribution in [0.4, 0.5) is 4.39 Å². The van der Waals surface area contributed by atoms with E-state index in [2.05, 4.69) is 29.2 Å². The Morgan fingerprint density at radius 3 is 2.52 bits per heavy atom. The molecule has 2 aliphatic rings. The molecule has 2 heterocycles. The van der Waals surface area contributed by atoms with Gasteiger partial charge in [-0.3, -0.25) is 9.69 Å². The van der Waals surface area contributed by atoms with Crippen LogP contribution in [0.5, 0.6) is 5.75 Å². The molecule has 27 heavy (non-hydrogen) atoms. The van der Waals surface area contributed by atoms with Crippen LogP contribution in [-0.2, 0) is 11.3 Å². The van der Waals surface area contributed by atoms with Crippen LogP contribution in [0.15, 0.2) is 48.5 Å². The fourth-order valence-electron chi connectivity index (χ4n) is 4.34. The maximum absolute atomic E-state index is 13.5. The third-order valence-corrected chi connectivity index (χ3v) is 5.68. The first-order valence-corrected chi connectivity index (χ1v) is 9.41. The van der Waals surface area contributed by atoms with Crippen molar-refractivity contribution in [3.8, 4) is 5.75 Å². The first kappa shape index (κ1) is 18.1. The lowest BCUT2D eigenvalue weighted by Crippen LogP contribution is -2.57. The number of ether oxygens (including phenoxy) is 2. The van der Waals surface area contributed by atoms with Gasteiger partial charge in [-0.05, 0) is 30.5 Å². The number of ketones is 1. The predicted octanol–water partition coefficient (Wildman–Crippen LogP) is 3.70. The standard InChI is InChI=1S/C22H24FNO3/c1-26-21-11-17(23)7-8-20(21)22(25)16-9-18-13-27-14-19(10-16)24(18)12-15-5-3-2-4-6-15/h2-8,11,16,18-19H,9-10,12-14H2,1H3. The molecule has 0 radical (unpaired) electrons. The number of hydrogen-bond donors (Lipinski definition) is 0. The first-order valence-electron chi connectivity index (χ1n) is 9.41. The van der Waals surface area contributed by atoms with Gasteiger partial charge in [0.2, 0.25) is 0 Å². The molecule has 2 atom stereocenters. The van der Waals surface area contributed by atoms with Crippen molar-refractivity contribution >= 4 is 5.78 Å². The highest BCUT2D eigenvalue weighted by molar-refractivity contribution is 6.00. The number of halogens is 1. The molecule has 0 spiro atoms. The van der Waals surface area contributed by atoms with E-state index in [1.807, 2.05) is 6.07 Å². The molecule has 0 aromatic heterocycles. The number of benzene rings is 2. The molecule has 4 rings (SSSR count). The zero-order valence-corrected chi connectivity index (χ0v) is 15.4. The maximum Gasteiger partial charge on any atom is 0.169 e. The molecule has 2 saturated heterocycles. The second-order valence-corrected chi connectivity index (χ2v) is 7.38. The molecule has 5 heteroatoms. The number of piperidine rings is 1. The maximum atomic E-state index is 13.5. The van der Waals surface area contributed by atoms with Crippen LogP contribution in [0, 0.1) is 11.7 Å². The molecule has 2 aromatic carbocycles. The molecule has 2 aromatic rings. The number of nitrogens with zero attached hydrogens (tertiary/aromatic N) is 1. The number of carbonyl (C=O) groups excluding carboxylic acids is 1. The normalized spacial score (nSPS) is 25.2. The minimum absolute atomic E-state index is 0.0445. The Morgan fingerprint density at radius 1 is 1.15 bits per heavy atom. The van der Waals surface area contributed by atoms with Crippen molar-refractivity contribution < 1.29 is 18.7 Å². The Labute approximate surface area is 158 Å². The van der Waals surface area contributed by atoms with Crippen molar-refractivity contribution in [2.45, 2.75) is 31.5 Å². The van der Waals surface area contributed by atoms with E-state index >= 15 is 0 Å². The summed E-state index contributed by atoms with van der Waals surface area (Å²) in [6.07, 6.45) is 1.51. The topological polar surface area (TPSA) is 38.8 Å². The Hall–Kier alpha value is -2.24. The predicted molar refractivity (Wildman–Crippen MR) is 100 cm³/mol. The van der Waals surface area contributed by atoms with Gasteiger partial charge in [0.25, 0.3) is 0 Å². The summed E-state index contributed by atoms with van der Waals surface area (Å²) in [7, 11) is 1.47. The number of hydrogen-bond acceptors (Lipinski definition) is 4. The average molecular weight is 369 g/mol. The summed E-state index contributed by atoms with van der Waals surface area (Å²) in [6, 6.07) is 15.0. The van der Waals surface area contributed by atoms with Crippen LogP contribution in [-0.4, -0.2) is 43.1 Å². The third kappa shape index (κ3) is 3.75. The van der Waals surface area contributed by atoms with Crippen LogP contribution >= 0.6 is 0 Å². The highest BCUT2D eigenvalue weighted by Gasteiger charge is 2.41. The summed E-state index contributed by atoms with van der Waals surface area (Å²) in [5.41, 5.74) is 1.75. The van der Waals surface area contributed by atoms with E-state index in [1.54, 1.807) is 6.07 Å². The largest absolute Gasteiger partial charge is 0.496 e. The lowest BCUT2D eigenvalue weighted by Gasteiger charge is -2.48. The average Bonchev–Trinajstić information content (AvgIpc) is 2.68. The van der Waals surface area contributed by atoms with Gasteiger partial charge in [0, 0.05) is 30.6 Å². The third-order valence-electron chi connectivity index (χ3n) is 5.68. The van der Waals surface area contributed by atoms with Crippen LogP contribution < -0.4 is 4.74 Å². The van der Waals surface area contributed by atoms with E-state index in [1.165, 1.54) is 24.8 Å². The molecular formula is C22H24FNO3. The van der Waals surface area contributed by atoms with Crippen molar-refractivity contribution in [2.75, 3.05) is 20.3 Å². The van der Waals surface area contributed by atoms with E-state index in [9.17, 15) is 9.18 Å². The van der Waals surface area contributed by atoms with Gasteiger partial charge < -0.3 is 9.47 Å². The van der Waals surface area contributed by atoms with E-state index in [0.29, 0.717) is 24.5 Å². The van der Waals surface area contributed by atoms with E-state index in [4.69, 9.17) is 9.47 Å². The van der Waals surface area contributed by atoms with Crippen LogP contribution in [0.1, 0.15) is 28.8 Å². The van der Waals surface area contributed by atoms with E-state index in [0.717, 1.165) is 19.4 Å². The number of carbonyl (C=O) groups is 1. The quantitative estimate of drug-likeness (QED) is 0.754. The Morgan fingerprint density at radius 2 is 1.85 bits per heavy atom. The zero-order valence-electron chi connectivity index (χ0n) is 15.4. The summed E-state index contributed by atoms with van der Waals surface area (Å²) in [4.78, 5) is 15.6. The van der Waals surface area contributed by atoms with Crippen molar-refractivity contribution in [2.24, 2.45) is 5.92 Å². The summed E-state index contributed by atoms with van der Waals surface area (Å²) in [5, 5.41) is 0. The number of morpholine rings is 1. The minimum Gasteiger partial charge on any atom is -0.496 e. The van der Waals surface area contributed by atoms with Gasteiger partial charge >= 0.3 is 0 Å². The molecule has 0 N–H and O–H groups in total. The highest BCUT2D eigenvalue weighted by Crippen LogP contribution is 2.36. The fraction of sp³-hybridized carbons (Fsp3) is 0.409. The van der Waals surface area contributed by atoms with E-state index < -0.39 is 5.82 Å². The van der Waals surface area contributed by atoms with Crippen LogP contribution in [0.2, 0.25) is 0 Å². The van der Waals surface area contributed by atoms with Crippen molar-refractivity contribution in [3.05, 3.63) is 65.5 Å². The van der Waals surface area contributed by atoms with Gasteiger partial charge in [-0.15, -0.1) is 0 Å². The minimum atomic E-state index is -0.397. The number of Topliss-reactive ketones (excluding diaryl/α,β-unsaturated/α-hetero) is 1. The van der Waals surface area contributed by atoms with Gasteiger partial charge in [-0.1, -0.05) is 30.3 Å². The first-order chi connectivity index (χ1) is 13.2. The number of rotatable bonds is 5. The van der Waals surface area contributed by atoms with Crippen LogP contribution in [0.3, 0.4) is 0 Å². The van der Waals surface area contributed by atoms with E-state index in [-0.39, 0.29) is 23.8 Å². The summed E-state index contributed by atoms with van der Waals surface area (Å²) in [5.74, 6) is -0.127. The summed E-state index contributed by atoms with van der Waals surface area (Å²) < 4.78 is 24.5. The molecule has 2 bridgehead atoms. The molecule has 2 aliphatic heterocycles. The highest BCUT2D eigenvalue weighted by atomic mass is 19.1.